The van der Waals surface area contributed by atoms with E-state index in [4.69, 9.17) is 5.11 Å². The van der Waals surface area contributed by atoms with Gasteiger partial charge in [0.2, 0.25) is 0 Å². The summed E-state index contributed by atoms with van der Waals surface area (Å²) in [5.41, 5.74) is 0. The Morgan fingerprint density at radius 2 is 2.00 bits per heavy atom. The number of aliphatic carboxylic acids is 1. The van der Waals surface area contributed by atoms with Crippen molar-refractivity contribution in [2.45, 2.75) is 26.3 Å². The van der Waals surface area contributed by atoms with Gasteiger partial charge in [-0.15, -0.1) is 0 Å². The summed E-state index contributed by atoms with van der Waals surface area (Å²) in [6.07, 6.45) is 2.40. The van der Waals surface area contributed by atoms with Gasteiger partial charge in [0.25, 0.3) is 0 Å². The second-order valence-corrected chi connectivity index (χ2v) is 5.37. The molecular weight excluding hydrogens is 240 g/mol. The fraction of sp³-hybridized carbons (Fsp3) is 0.818. The van der Waals surface area contributed by atoms with Crippen molar-refractivity contribution < 1.29 is 14.7 Å². The average Bonchev–Trinajstić information content (AvgIpc) is 2.23. The second kappa shape index (κ2) is 8.22. The molecule has 0 spiro atoms. The molecule has 0 radical (unpaired) electrons. The summed E-state index contributed by atoms with van der Waals surface area (Å²) in [6.45, 7) is 4.47. The Morgan fingerprint density at radius 3 is 2.41 bits per heavy atom. The number of nitrogens with one attached hydrogen (secondary N) is 1. The van der Waals surface area contributed by atoms with Crippen molar-refractivity contribution in [1.29, 1.82) is 0 Å². The third-order valence-electron chi connectivity index (χ3n) is 2.28. The van der Waals surface area contributed by atoms with Crippen molar-refractivity contribution in [3.8, 4) is 0 Å². The van der Waals surface area contributed by atoms with Crippen molar-refractivity contribution >= 4 is 23.8 Å². The van der Waals surface area contributed by atoms with Crippen LogP contribution < -0.4 is 5.32 Å². The number of urea groups is 1. The molecule has 6 heteroatoms. The minimum Gasteiger partial charge on any atom is -0.480 e. The highest BCUT2D eigenvalue weighted by atomic mass is 32.2. The predicted molar refractivity (Wildman–Crippen MR) is 70.4 cm³/mol. The Morgan fingerprint density at radius 1 is 1.41 bits per heavy atom. The standard InChI is InChI=1S/C11H22N2O3S/c1-8(2)7-9(10(14)15)12-11(16)13(3)5-6-17-4/h8-9H,5-7H2,1-4H3,(H,12,16)(H,14,15)/t9-/m0/s1. The minimum absolute atomic E-state index is 0.230. The molecule has 0 aromatic rings. The van der Waals surface area contributed by atoms with E-state index in [1.54, 1.807) is 18.8 Å². The van der Waals surface area contributed by atoms with Gasteiger partial charge in [-0.2, -0.15) is 11.8 Å². The van der Waals surface area contributed by atoms with Gasteiger partial charge in [-0.3, -0.25) is 0 Å². The first-order chi connectivity index (χ1) is 7.88. The third kappa shape index (κ3) is 7.10. The lowest BCUT2D eigenvalue weighted by Crippen LogP contribution is -2.47. The number of nitrogens with zero attached hydrogens (tertiary/aromatic N) is 1. The van der Waals surface area contributed by atoms with Gasteiger partial charge in [-0.1, -0.05) is 13.8 Å². The molecule has 0 unspecified atom stereocenters. The van der Waals surface area contributed by atoms with Crippen LogP contribution in [-0.2, 0) is 4.79 Å². The van der Waals surface area contributed by atoms with Crippen LogP contribution in [0.2, 0.25) is 0 Å². The van der Waals surface area contributed by atoms with E-state index in [9.17, 15) is 9.59 Å². The fourth-order valence-electron chi connectivity index (χ4n) is 1.28. The number of amides is 2. The number of rotatable bonds is 7. The Kier molecular flexibility index (Phi) is 7.78. The first kappa shape index (κ1) is 16.1. The summed E-state index contributed by atoms with van der Waals surface area (Å²) < 4.78 is 0. The molecule has 0 aliphatic rings. The highest BCUT2D eigenvalue weighted by Gasteiger charge is 2.22. The maximum atomic E-state index is 11.7. The molecule has 0 rings (SSSR count). The van der Waals surface area contributed by atoms with Gasteiger partial charge in [-0.05, 0) is 18.6 Å². The first-order valence-electron chi connectivity index (χ1n) is 5.61. The summed E-state index contributed by atoms with van der Waals surface area (Å²) in [7, 11) is 1.67. The van der Waals surface area contributed by atoms with Gasteiger partial charge in [0.15, 0.2) is 0 Å². The van der Waals surface area contributed by atoms with Gasteiger partial charge in [0.1, 0.15) is 6.04 Å². The minimum atomic E-state index is -0.981. The van der Waals surface area contributed by atoms with Crippen molar-refractivity contribution in [3.63, 3.8) is 0 Å². The van der Waals surface area contributed by atoms with Crippen LogP contribution in [0, 0.1) is 5.92 Å². The molecule has 0 fully saturated rings. The van der Waals surface area contributed by atoms with Crippen LogP contribution >= 0.6 is 11.8 Å². The third-order valence-corrected chi connectivity index (χ3v) is 2.87. The number of hydrogen-bond donors (Lipinski definition) is 2. The van der Waals surface area contributed by atoms with E-state index in [-0.39, 0.29) is 11.9 Å². The van der Waals surface area contributed by atoms with Crippen molar-refractivity contribution in [3.05, 3.63) is 0 Å². The quantitative estimate of drug-likeness (QED) is 0.729. The van der Waals surface area contributed by atoms with Gasteiger partial charge in [0.05, 0.1) is 0 Å². The summed E-state index contributed by atoms with van der Waals surface area (Å²) in [5.74, 6) is 0.0875. The zero-order chi connectivity index (χ0) is 13.4. The van der Waals surface area contributed by atoms with Crippen molar-refractivity contribution in [1.82, 2.24) is 10.2 Å². The molecular formula is C11H22N2O3S. The Labute approximate surface area is 107 Å². The number of carboxylic acid groups (broad SMARTS) is 1. The van der Waals surface area contributed by atoms with Gasteiger partial charge >= 0.3 is 12.0 Å². The Balaban J connectivity index is 4.25. The molecule has 0 aliphatic heterocycles. The van der Waals surface area contributed by atoms with E-state index in [2.05, 4.69) is 5.32 Å². The van der Waals surface area contributed by atoms with E-state index in [1.807, 2.05) is 20.1 Å². The van der Waals surface area contributed by atoms with Gasteiger partial charge < -0.3 is 15.3 Å². The topological polar surface area (TPSA) is 69.6 Å². The van der Waals surface area contributed by atoms with Crippen LogP contribution in [0.5, 0.6) is 0 Å². The molecule has 0 heterocycles. The summed E-state index contributed by atoms with van der Waals surface area (Å²) in [6, 6.07) is -1.13. The number of carboxylic acids is 1. The molecule has 100 valence electrons. The largest absolute Gasteiger partial charge is 0.480 e. The maximum absolute atomic E-state index is 11.7. The molecule has 0 bridgehead atoms. The summed E-state index contributed by atoms with van der Waals surface area (Å²) in [4.78, 5) is 24.2. The molecule has 2 N–H and O–H groups in total. The Hall–Kier alpha value is -0.910. The van der Waals surface area contributed by atoms with Crippen molar-refractivity contribution in [2.24, 2.45) is 5.92 Å². The van der Waals surface area contributed by atoms with Crippen LogP contribution in [0.4, 0.5) is 4.79 Å². The van der Waals surface area contributed by atoms with E-state index in [0.717, 1.165) is 5.75 Å². The highest BCUT2D eigenvalue weighted by Crippen LogP contribution is 2.05. The molecule has 5 nitrogen and oxygen atoms in total. The average molecular weight is 262 g/mol. The fourth-order valence-corrected chi connectivity index (χ4v) is 1.74. The lowest BCUT2D eigenvalue weighted by molar-refractivity contribution is -0.139. The molecule has 0 aliphatic carbocycles. The van der Waals surface area contributed by atoms with E-state index in [0.29, 0.717) is 13.0 Å². The molecule has 0 aromatic carbocycles. The van der Waals surface area contributed by atoms with Crippen LogP contribution in [-0.4, -0.2) is 53.6 Å². The molecule has 2 amide bonds. The summed E-state index contributed by atoms with van der Waals surface area (Å²) in [5, 5.41) is 11.5. The van der Waals surface area contributed by atoms with Crippen molar-refractivity contribution in [2.75, 3.05) is 25.6 Å². The monoisotopic (exact) mass is 262 g/mol. The molecule has 0 saturated heterocycles. The zero-order valence-electron chi connectivity index (χ0n) is 10.9. The lowest BCUT2D eigenvalue weighted by Gasteiger charge is -2.22. The van der Waals surface area contributed by atoms with E-state index in [1.165, 1.54) is 4.90 Å². The predicted octanol–water partition coefficient (Wildman–Crippen LogP) is 1.49. The van der Waals surface area contributed by atoms with E-state index >= 15 is 0 Å². The van der Waals surface area contributed by atoms with Gasteiger partial charge in [-0.25, -0.2) is 9.59 Å². The number of carbonyl (C=O) groups is 2. The molecule has 0 aromatic heterocycles. The molecule has 1 atom stereocenters. The molecule has 17 heavy (non-hydrogen) atoms. The first-order valence-corrected chi connectivity index (χ1v) is 7.01. The van der Waals surface area contributed by atoms with Crippen LogP contribution in [0.1, 0.15) is 20.3 Å². The Bertz CT molecular complexity index is 259. The SMILES string of the molecule is CSCCN(C)C(=O)N[C@@H](CC(C)C)C(=O)O. The maximum Gasteiger partial charge on any atom is 0.326 e. The van der Waals surface area contributed by atoms with Gasteiger partial charge in [0, 0.05) is 19.3 Å². The van der Waals surface area contributed by atoms with Crippen LogP contribution in [0.25, 0.3) is 0 Å². The normalized spacial score (nSPS) is 12.3. The molecule has 0 saturated carbocycles. The highest BCUT2D eigenvalue weighted by molar-refractivity contribution is 7.98. The van der Waals surface area contributed by atoms with E-state index < -0.39 is 12.0 Å². The number of hydrogen-bond acceptors (Lipinski definition) is 3. The van der Waals surface area contributed by atoms with Crippen LogP contribution in [0.15, 0.2) is 0 Å². The lowest BCUT2D eigenvalue weighted by atomic mass is 10.0. The van der Waals surface area contributed by atoms with Crippen LogP contribution in [0.3, 0.4) is 0 Å². The number of carbonyl (C=O) groups excluding carboxylic acids is 1. The number of thioether (sulfide) groups is 1. The zero-order valence-corrected chi connectivity index (χ0v) is 11.7. The second-order valence-electron chi connectivity index (χ2n) is 4.38. The smallest absolute Gasteiger partial charge is 0.326 e. The summed E-state index contributed by atoms with van der Waals surface area (Å²) >= 11 is 1.65.